The first-order valence-electron chi connectivity index (χ1n) is 17.2. The van der Waals surface area contributed by atoms with Crippen molar-refractivity contribution in [1.29, 1.82) is 0 Å². The molecule has 262 valence electrons. The summed E-state index contributed by atoms with van der Waals surface area (Å²) in [5.74, 6) is 0.0641. The number of ether oxygens (including phenoxy) is 1. The molecule has 6 aromatic rings. The second kappa shape index (κ2) is 13.7. The van der Waals surface area contributed by atoms with Gasteiger partial charge in [-0.25, -0.2) is 4.99 Å². The van der Waals surface area contributed by atoms with Crippen LogP contribution < -0.4 is 10.7 Å². The van der Waals surface area contributed by atoms with Crippen LogP contribution in [0.25, 0.3) is 22.3 Å². The molecule has 8 bridgehead atoms. The van der Waals surface area contributed by atoms with Crippen molar-refractivity contribution in [2.75, 3.05) is 7.11 Å². The number of nitrogens with one attached hydrogen (secondary N) is 3. The number of aromatic amines is 3. The maximum absolute atomic E-state index is 12.7. The number of carbonyl (C=O) groups excluding carboxylic acids is 1. The van der Waals surface area contributed by atoms with Gasteiger partial charge in [-0.1, -0.05) is 77.3 Å². The van der Waals surface area contributed by atoms with E-state index in [0.29, 0.717) is 15.1 Å². The van der Waals surface area contributed by atoms with E-state index in [0.717, 1.165) is 89.4 Å². The van der Waals surface area contributed by atoms with E-state index >= 15 is 0 Å². The molecular formula is C45H29Cl3N4O2. The standard InChI is InChI=1S/C45H29Cl3N4O2/c1-54-41-24-28(8-23-40(41)53)45-38-21-19-36(51-38)43(26-4-11-30(47)12-5-26)34-17-15-32(49-34)42(25-2-9-29(46)10-3-25)33-16-18-35(50-33)44(37-20-22-39(45)52-37)27-6-13-31(48)14-7-27/h2-24,49,51-52H,1H3/b42-32-,43-34-,44-35-,45-28+. The summed E-state index contributed by atoms with van der Waals surface area (Å²) < 4.78 is 5.49. The number of fused-ring (bicyclic) bond motifs is 7. The van der Waals surface area contributed by atoms with Crippen molar-refractivity contribution in [3.63, 3.8) is 0 Å². The predicted molar refractivity (Wildman–Crippen MR) is 218 cm³/mol. The molecule has 9 rings (SSSR count). The monoisotopic (exact) mass is 762 g/mol. The molecule has 1 aliphatic carbocycles. The third-order valence-electron chi connectivity index (χ3n) is 9.68. The number of nitrogens with zero attached hydrogens (tertiary/aromatic N) is 1. The number of aliphatic imine (C=N–C) groups is 1. The molecule has 9 heteroatoms. The number of benzene rings is 3. The summed E-state index contributed by atoms with van der Waals surface area (Å²) >= 11 is 19.1. The van der Waals surface area contributed by atoms with E-state index in [4.69, 9.17) is 44.5 Å². The van der Waals surface area contributed by atoms with Gasteiger partial charge in [0, 0.05) is 70.8 Å². The highest BCUT2D eigenvalue weighted by Gasteiger charge is 2.24. The Morgan fingerprint density at radius 3 is 1.54 bits per heavy atom. The summed E-state index contributed by atoms with van der Waals surface area (Å²) in [6, 6.07) is 35.8. The lowest BCUT2D eigenvalue weighted by Crippen LogP contribution is -2.19. The summed E-state index contributed by atoms with van der Waals surface area (Å²) in [5, 5.41) is 3.71. The van der Waals surface area contributed by atoms with Crippen molar-refractivity contribution in [1.82, 2.24) is 15.0 Å². The number of hydrogen-bond donors (Lipinski definition) is 3. The average molecular weight is 764 g/mol. The number of allylic oxidation sites excluding steroid dienone is 6. The molecule has 0 saturated carbocycles. The molecule has 0 amide bonds. The van der Waals surface area contributed by atoms with Gasteiger partial charge in [-0.15, -0.1) is 0 Å². The zero-order chi connectivity index (χ0) is 36.9. The van der Waals surface area contributed by atoms with Crippen LogP contribution >= 0.6 is 34.8 Å². The third kappa shape index (κ3) is 6.14. The van der Waals surface area contributed by atoms with Crippen molar-refractivity contribution in [3.05, 3.63) is 222 Å². The molecule has 0 fully saturated rings. The van der Waals surface area contributed by atoms with Crippen LogP contribution in [0.15, 0.2) is 162 Å². The summed E-state index contributed by atoms with van der Waals surface area (Å²) in [4.78, 5) is 29.2. The fourth-order valence-electron chi connectivity index (χ4n) is 7.17. The van der Waals surface area contributed by atoms with Crippen molar-refractivity contribution in [2.24, 2.45) is 4.99 Å². The fraction of sp³-hybridized carbons (Fsp3) is 0.0222. The number of hydrogen-bond acceptors (Lipinski definition) is 3. The first kappa shape index (κ1) is 33.8. The highest BCUT2D eigenvalue weighted by atomic mass is 35.5. The van der Waals surface area contributed by atoms with Crippen LogP contribution in [0, 0.1) is 0 Å². The Hall–Kier alpha value is -6.05. The molecule has 3 aromatic carbocycles. The molecule has 3 N–H and O–H groups in total. The van der Waals surface area contributed by atoms with Crippen molar-refractivity contribution < 1.29 is 9.53 Å². The van der Waals surface area contributed by atoms with E-state index in [1.54, 1.807) is 6.08 Å². The topological polar surface area (TPSA) is 86.0 Å². The molecule has 3 aliphatic rings. The molecule has 6 nitrogen and oxygen atoms in total. The number of methoxy groups -OCH3 is 1. The Labute approximate surface area is 325 Å². The second-order valence-electron chi connectivity index (χ2n) is 13.0. The Balaban J connectivity index is 1.41. The van der Waals surface area contributed by atoms with Gasteiger partial charge in [0.15, 0.2) is 5.76 Å². The quantitative estimate of drug-likeness (QED) is 0.167. The minimum atomic E-state index is -0.193. The van der Waals surface area contributed by atoms with Crippen LogP contribution in [0.4, 0.5) is 0 Å². The van der Waals surface area contributed by atoms with Crippen LogP contribution in [0.2, 0.25) is 15.1 Å². The Bertz CT molecular complexity index is 2820. The van der Waals surface area contributed by atoms with Gasteiger partial charge in [0.05, 0.1) is 18.5 Å². The molecule has 0 saturated heterocycles. The van der Waals surface area contributed by atoms with Crippen molar-refractivity contribution >= 4 is 68.6 Å². The van der Waals surface area contributed by atoms with Crippen LogP contribution in [0.3, 0.4) is 0 Å². The van der Waals surface area contributed by atoms with Gasteiger partial charge in [-0.3, -0.25) is 4.79 Å². The molecular weight excluding hydrogens is 735 g/mol. The van der Waals surface area contributed by atoms with Gasteiger partial charge in [0.2, 0.25) is 5.78 Å². The number of carbonyl (C=O) groups is 1. The van der Waals surface area contributed by atoms with E-state index < -0.39 is 0 Å². The van der Waals surface area contributed by atoms with Gasteiger partial charge in [-0.05, 0) is 119 Å². The average Bonchev–Trinajstić information content (AvgIpc) is 4.02. The SMILES string of the molecule is COC1=C/C(=C2/c3ccc([nH]3)/C(c3ccc(Cl)cc3)=C3/C=CC(=N3)/C(c3ccc(Cl)cc3)=c3/cc/c([nH]3)=C(\c3ccc(Cl)cc3)c3ccc2[nH]3)C=CC1=O. The third-order valence-corrected chi connectivity index (χ3v) is 10.4. The normalized spacial score (nSPS) is 20.0. The lowest BCUT2D eigenvalue weighted by molar-refractivity contribution is -0.114. The Kier molecular flexibility index (Phi) is 8.59. The van der Waals surface area contributed by atoms with Gasteiger partial charge in [0.25, 0.3) is 0 Å². The number of ketones is 1. The zero-order valence-electron chi connectivity index (χ0n) is 28.7. The molecule has 0 spiro atoms. The number of halogens is 3. The smallest absolute Gasteiger partial charge is 0.220 e. The summed E-state index contributed by atoms with van der Waals surface area (Å²) in [6.45, 7) is 0. The number of aromatic nitrogens is 3. The zero-order valence-corrected chi connectivity index (χ0v) is 30.9. The van der Waals surface area contributed by atoms with Crippen molar-refractivity contribution in [3.8, 4) is 0 Å². The molecule has 54 heavy (non-hydrogen) atoms. The minimum Gasteiger partial charge on any atom is -0.493 e. The van der Waals surface area contributed by atoms with Gasteiger partial charge < -0.3 is 19.7 Å². The Morgan fingerprint density at radius 2 is 0.981 bits per heavy atom. The predicted octanol–water partition coefficient (Wildman–Crippen LogP) is 9.33. The van der Waals surface area contributed by atoms with E-state index in [1.807, 2.05) is 97.1 Å². The fourth-order valence-corrected chi connectivity index (χ4v) is 7.55. The Morgan fingerprint density at radius 1 is 0.500 bits per heavy atom. The lowest BCUT2D eigenvalue weighted by Gasteiger charge is -2.14. The van der Waals surface area contributed by atoms with Crippen LogP contribution in [-0.2, 0) is 9.53 Å². The molecule has 0 unspecified atom stereocenters. The van der Waals surface area contributed by atoms with Crippen LogP contribution in [0.5, 0.6) is 0 Å². The van der Waals surface area contributed by atoms with Crippen LogP contribution in [-0.4, -0.2) is 33.6 Å². The number of H-pyrrole nitrogens is 3. The van der Waals surface area contributed by atoms with E-state index in [1.165, 1.54) is 13.2 Å². The second-order valence-corrected chi connectivity index (χ2v) is 14.3. The highest BCUT2D eigenvalue weighted by Crippen LogP contribution is 2.36. The maximum Gasteiger partial charge on any atom is 0.220 e. The van der Waals surface area contributed by atoms with E-state index in [9.17, 15) is 4.79 Å². The summed E-state index contributed by atoms with van der Waals surface area (Å²) in [6.07, 6.45) is 9.23. The minimum absolute atomic E-state index is 0.193. The highest BCUT2D eigenvalue weighted by molar-refractivity contribution is 6.32. The molecule has 0 atom stereocenters. The maximum atomic E-state index is 12.7. The summed E-state index contributed by atoms with van der Waals surface area (Å²) in [7, 11) is 1.51. The van der Waals surface area contributed by atoms with E-state index in [-0.39, 0.29) is 11.5 Å². The molecule has 3 aromatic heterocycles. The largest absolute Gasteiger partial charge is 0.493 e. The lowest BCUT2D eigenvalue weighted by atomic mass is 9.97. The first-order chi connectivity index (χ1) is 26.3. The van der Waals surface area contributed by atoms with Gasteiger partial charge >= 0.3 is 0 Å². The molecule has 2 aliphatic heterocycles. The number of rotatable bonds is 4. The molecule has 5 heterocycles. The van der Waals surface area contributed by atoms with Crippen molar-refractivity contribution in [2.45, 2.75) is 0 Å². The van der Waals surface area contributed by atoms with Crippen LogP contribution in [0.1, 0.15) is 39.5 Å². The first-order valence-corrected chi connectivity index (χ1v) is 18.3. The molecule has 0 radical (unpaired) electrons. The van der Waals surface area contributed by atoms with Gasteiger partial charge in [-0.2, -0.15) is 0 Å². The summed E-state index contributed by atoms with van der Waals surface area (Å²) in [5.41, 5.74) is 12.2. The van der Waals surface area contributed by atoms with Gasteiger partial charge in [0.1, 0.15) is 0 Å². The van der Waals surface area contributed by atoms with E-state index in [2.05, 4.69) is 45.3 Å².